The van der Waals surface area contributed by atoms with Gasteiger partial charge in [0.05, 0.1) is 24.5 Å². The fraction of sp³-hybridized carbons (Fsp3) is 0.417. The summed E-state index contributed by atoms with van der Waals surface area (Å²) in [5.74, 6) is -2.63. The molecule has 1 aromatic carbocycles. The zero-order valence-corrected chi connectivity index (χ0v) is 9.93. The molecule has 1 amide bonds. The molecular weight excluding hydrogens is 242 g/mol. The zero-order chi connectivity index (χ0) is 13.3. The van der Waals surface area contributed by atoms with Crippen LogP contribution in [0.2, 0.25) is 0 Å². The van der Waals surface area contributed by atoms with Gasteiger partial charge in [0.25, 0.3) is 5.91 Å². The molecule has 98 valence electrons. The van der Waals surface area contributed by atoms with Crippen molar-refractivity contribution >= 4 is 11.6 Å². The van der Waals surface area contributed by atoms with Gasteiger partial charge in [-0.3, -0.25) is 4.79 Å². The Bertz CT molecular complexity index is 487. The van der Waals surface area contributed by atoms with Gasteiger partial charge in [0, 0.05) is 18.0 Å². The number of nitrogens with two attached hydrogens (primary N) is 1. The Hall–Kier alpha value is -1.69. The predicted molar refractivity (Wildman–Crippen MR) is 62.3 cm³/mol. The molecule has 18 heavy (non-hydrogen) atoms. The molecule has 0 bridgehead atoms. The van der Waals surface area contributed by atoms with E-state index in [2.05, 4.69) is 5.32 Å². The van der Waals surface area contributed by atoms with E-state index >= 15 is 0 Å². The number of carbonyl (C=O) groups excluding carboxylic acids is 1. The lowest BCUT2D eigenvalue weighted by Gasteiger charge is -2.38. The lowest BCUT2D eigenvalue weighted by molar-refractivity contribution is -0.0924. The number of carbonyl (C=O) groups is 1. The molecule has 0 saturated carbocycles. The number of primary amides is 1. The molecule has 6 heteroatoms. The molecule has 4 nitrogen and oxygen atoms in total. The maximum absolute atomic E-state index is 13.5. The van der Waals surface area contributed by atoms with Crippen LogP contribution in [-0.4, -0.2) is 25.7 Å². The molecule has 3 N–H and O–H groups in total. The molecule has 2 rings (SSSR count). The average molecular weight is 256 g/mol. The Kier molecular flexibility index (Phi) is 3.21. The van der Waals surface area contributed by atoms with Crippen LogP contribution in [0, 0.1) is 17.0 Å². The third-order valence-electron chi connectivity index (χ3n) is 2.93. The Morgan fingerprint density at radius 1 is 1.44 bits per heavy atom. The predicted octanol–water partition coefficient (Wildman–Crippen LogP) is 1.51. The Morgan fingerprint density at radius 2 is 2.11 bits per heavy atom. The highest BCUT2D eigenvalue weighted by Gasteiger charge is 2.33. The number of hydrogen-bond donors (Lipinski definition) is 2. The minimum atomic E-state index is -0.955. The second-order valence-electron chi connectivity index (χ2n) is 4.83. The van der Waals surface area contributed by atoms with E-state index in [0.717, 1.165) is 6.07 Å². The van der Waals surface area contributed by atoms with Crippen LogP contribution in [0.25, 0.3) is 0 Å². The van der Waals surface area contributed by atoms with Crippen molar-refractivity contribution in [1.29, 1.82) is 0 Å². The molecule has 0 radical (unpaired) electrons. The van der Waals surface area contributed by atoms with Crippen LogP contribution < -0.4 is 11.1 Å². The van der Waals surface area contributed by atoms with Crippen molar-refractivity contribution in [2.45, 2.75) is 6.92 Å². The van der Waals surface area contributed by atoms with E-state index in [1.54, 1.807) is 0 Å². The quantitative estimate of drug-likeness (QED) is 0.858. The van der Waals surface area contributed by atoms with Crippen molar-refractivity contribution in [2.75, 3.05) is 25.1 Å². The number of anilines is 1. The first-order valence-corrected chi connectivity index (χ1v) is 5.52. The number of amides is 1. The monoisotopic (exact) mass is 256 g/mol. The lowest BCUT2D eigenvalue weighted by atomic mass is 9.88. The fourth-order valence-corrected chi connectivity index (χ4v) is 1.73. The first-order chi connectivity index (χ1) is 8.41. The molecule has 0 unspecified atom stereocenters. The van der Waals surface area contributed by atoms with Gasteiger partial charge >= 0.3 is 0 Å². The SMILES string of the molecule is CC1(CNc2cc(C(N)=O)c(F)cc2F)COC1. The Labute approximate surface area is 103 Å². The van der Waals surface area contributed by atoms with Gasteiger partial charge in [0.2, 0.25) is 0 Å². The van der Waals surface area contributed by atoms with Crippen LogP contribution in [0.4, 0.5) is 14.5 Å². The maximum Gasteiger partial charge on any atom is 0.251 e. The summed E-state index contributed by atoms with van der Waals surface area (Å²) in [6.07, 6.45) is 0. The van der Waals surface area contributed by atoms with Crippen molar-refractivity contribution in [1.82, 2.24) is 0 Å². The summed E-state index contributed by atoms with van der Waals surface area (Å²) in [5.41, 5.74) is 4.68. The number of benzene rings is 1. The van der Waals surface area contributed by atoms with E-state index < -0.39 is 17.5 Å². The van der Waals surface area contributed by atoms with Gasteiger partial charge in [0.15, 0.2) is 0 Å². The average Bonchev–Trinajstić information content (AvgIpc) is 2.25. The smallest absolute Gasteiger partial charge is 0.251 e. The van der Waals surface area contributed by atoms with Gasteiger partial charge in [-0.05, 0) is 6.07 Å². The highest BCUT2D eigenvalue weighted by Crippen LogP contribution is 2.28. The van der Waals surface area contributed by atoms with Crippen molar-refractivity contribution < 1.29 is 18.3 Å². The fourth-order valence-electron chi connectivity index (χ4n) is 1.73. The molecule has 0 aliphatic carbocycles. The zero-order valence-electron chi connectivity index (χ0n) is 9.93. The summed E-state index contributed by atoms with van der Waals surface area (Å²) >= 11 is 0. The second kappa shape index (κ2) is 4.53. The third-order valence-corrected chi connectivity index (χ3v) is 2.93. The van der Waals surface area contributed by atoms with Crippen LogP contribution in [0.3, 0.4) is 0 Å². The number of nitrogens with one attached hydrogen (secondary N) is 1. The van der Waals surface area contributed by atoms with Crippen LogP contribution in [0.1, 0.15) is 17.3 Å². The van der Waals surface area contributed by atoms with Gasteiger partial charge in [-0.1, -0.05) is 6.92 Å². The van der Waals surface area contributed by atoms with Crippen LogP contribution in [0.5, 0.6) is 0 Å². The normalized spacial score (nSPS) is 17.1. The number of ether oxygens (including phenoxy) is 1. The molecule has 0 aromatic heterocycles. The third kappa shape index (κ3) is 2.43. The van der Waals surface area contributed by atoms with E-state index in [1.807, 2.05) is 6.92 Å². The maximum atomic E-state index is 13.5. The summed E-state index contributed by atoms with van der Waals surface area (Å²) in [6, 6.07) is 1.75. The highest BCUT2D eigenvalue weighted by molar-refractivity contribution is 5.94. The molecule has 1 aromatic rings. The van der Waals surface area contributed by atoms with Crippen molar-refractivity contribution in [2.24, 2.45) is 11.1 Å². The molecular formula is C12H14F2N2O2. The number of rotatable bonds is 4. The molecule has 0 atom stereocenters. The molecule has 1 saturated heterocycles. The summed E-state index contributed by atoms with van der Waals surface area (Å²) < 4.78 is 31.8. The molecule has 1 heterocycles. The Morgan fingerprint density at radius 3 is 2.61 bits per heavy atom. The van der Waals surface area contributed by atoms with E-state index in [-0.39, 0.29) is 16.7 Å². The van der Waals surface area contributed by atoms with Gasteiger partial charge in [-0.2, -0.15) is 0 Å². The molecule has 1 aliphatic heterocycles. The van der Waals surface area contributed by atoms with Gasteiger partial charge < -0.3 is 15.8 Å². The summed E-state index contributed by atoms with van der Waals surface area (Å²) in [7, 11) is 0. The summed E-state index contributed by atoms with van der Waals surface area (Å²) in [4.78, 5) is 11.0. The van der Waals surface area contributed by atoms with Crippen molar-refractivity contribution in [3.63, 3.8) is 0 Å². The minimum absolute atomic E-state index is 0.0618. The van der Waals surface area contributed by atoms with Crippen LogP contribution in [-0.2, 0) is 4.74 Å². The van der Waals surface area contributed by atoms with E-state index in [0.29, 0.717) is 25.8 Å². The van der Waals surface area contributed by atoms with Crippen molar-refractivity contribution in [3.05, 3.63) is 29.3 Å². The lowest BCUT2D eigenvalue weighted by Crippen LogP contribution is -2.45. The molecule has 1 fully saturated rings. The van der Waals surface area contributed by atoms with E-state index in [9.17, 15) is 13.6 Å². The molecule has 0 spiro atoms. The van der Waals surface area contributed by atoms with Crippen LogP contribution >= 0.6 is 0 Å². The standard InChI is InChI=1S/C12H14F2N2O2/c1-12(5-18-6-12)4-16-10-2-7(11(15)17)8(13)3-9(10)14/h2-3,16H,4-6H2,1H3,(H2,15,17). The van der Waals surface area contributed by atoms with E-state index in [1.165, 1.54) is 0 Å². The number of halogens is 2. The van der Waals surface area contributed by atoms with Crippen molar-refractivity contribution in [3.8, 4) is 0 Å². The Balaban J connectivity index is 2.16. The first-order valence-electron chi connectivity index (χ1n) is 5.52. The molecule has 1 aliphatic rings. The highest BCUT2D eigenvalue weighted by atomic mass is 19.1. The summed E-state index contributed by atoms with van der Waals surface area (Å²) in [6.45, 7) is 3.64. The number of hydrogen-bond acceptors (Lipinski definition) is 3. The summed E-state index contributed by atoms with van der Waals surface area (Å²) in [5, 5.41) is 2.85. The van der Waals surface area contributed by atoms with Gasteiger partial charge in [0.1, 0.15) is 11.6 Å². The van der Waals surface area contributed by atoms with Gasteiger partial charge in [-0.15, -0.1) is 0 Å². The van der Waals surface area contributed by atoms with E-state index in [4.69, 9.17) is 10.5 Å². The topological polar surface area (TPSA) is 64.3 Å². The first kappa shape index (κ1) is 12.8. The minimum Gasteiger partial charge on any atom is -0.382 e. The largest absolute Gasteiger partial charge is 0.382 e. The second-order valence-corrected chi connectivity index (χ2v) is 4.83. The van der Waals surface area contributed by atoms with Gasteiger partial charge in [-0.25, -0.2) is 8.78 Å². The van der Waals surface area contributed by atoms with Crippen LogP contribution in [0.15, 0.2) is 12.1 Å².